The lowest BCUT2D eigenvalue weighted by Gasteiger charge is -2.21. The third-order valence-corrected chi connectivity index (χ3v) is 5.12. The summed E-state index contributed by atoms with van der Waals surface area (Å²) in [5, 5.41) is 0.268. The first-order valence-electron chi connectivity index (χ1n) is 5.65. The minimum atomic E-state index is -0.830. The van der Waals surface area contributed by atoms with E-state index in [1.807, 2.05) is 18.2 Å². The van der Waals surface area contributed by atoms with E-state index in [0.29, 0.717) is 11.4 Å². The number of hydrogen-bond donors (Lipinski definition) is 1. The molecular weight excluding hydrogens is 302 g/mol. The van der Waals surface area contributed by atoms with Gasteiger partial charge < -0.3 is 10.5 Å². The number of ether oxygens (including phenoxy) is 1. The van der Waals surface area contributed by atoms with E-state index in [4.69, 9.17) is 10.5 Å². The number of halogens is 1. The van der Waals surface area contributed by atoms with Crippen LogP contribution in [-0.4, -0.2) is 22.7 Å². The number of benzene rings is 1. The molecule has 1 aliphatic rings. The zero-order valence-corrected chi connectivity index (χ0v) is 11.9. The molecule has 1 atom stereocenters. The van der Waals surface area contributed by atoms with E-state index in [0.717, 1.165) is 36.1 Å². The fourth-order valence-corrected chi connectivity index (χ4v) is 3.99. The van der Waals surface area contributed by atoms with Crippen LogP contribution in [0.1, 0.15) is 18.4 Å². The van der Waals surface area contributed by atoms with Crippen molar-refractivity contribution in [1.29, 1.82) is 0 Å². The molecule has 1 aliphatic heterocycles. The van der Waals surface area contributed by atoms with Crippen molar-refractivity contribution >= 4 is 32.4 Å². The highest BCUT2D eigenvalue weighted by molar-refractivity contribution is 9.10. The average molecular weight is 318 g/mol. The Morgan fingerprint density at radius 2 is 2.06 bits per heavy atom. The van der Waals surface area contributed by atoms with Gasteiger partial charge in [0.1, 0.15) is 0 Å². The van der Waals surface area contributed by atoms with Gasteiger partial charge in [0.25, 0.3) is 0 Å². The van der Waals surface area contributed by atoms with Crippen molar-refractivity contribution in [3.63, 3.8) is 0 Å². The molecule has 1 heterocycles. The van der Waals surface area contributed by atoms with Crippen LogP contribution in [-0.2, 0) is 21.3 Å². The first-order chi connectivity index (χ1) is 8.15. The van der Waals surface area contributed by atoms with Crippen LogP contribution in [0, 0.1) is 0 Å². The van der Waals surface area contributed by atoms with Gasteiger partial charge in [-0.1, -0.05) is 15.9 Å². The van der Waals surface area contributed by atoms with Gasteiger partial charge in [0.2, 0.25) is 0 Å². The van der Waals surface area contributed by atoms with Crippen molar-refractivity contribution in [2.45, 2.75) is 23.8 Å². The fraction of sp³-hybridized carbons (Fsp3) is 0.500. The van der Waals surface area contributed by atoms with Crippen LogP contribution >= 0.6 is 15.9 Å². The molecule has 0 bridgehead atoms. The summed E-state index contributed by atoms with van der Waals surface area (Å²) < 4.78 is 18.4. The summed E-state index contributed by atoms with van der Waals surface area (Å²) in [6.45, 7) is 1.47. The van der Waals surface area contributed by atoms with Crippen molar-refractivity contribution in [2.75, 3.05) is 18.9 Å². The largest absolute Gasteiger partial charge is 0.399 e. The molecular formula is C12H16BrNO2S. The van der Waals surface area contributed by atoms with Crippen LogP contribution in [0.15, 0.2) is 22.7 Å². The number of rotatable bonds is 3. The predicted octanol–water partition coefficient (Wildman–Crippen LogP) is 2.46. The van der Waals surface area contributed by atoms with E-state index in [1.165, 1.54) is 0 Å². The van der Waals surface area contributed by atoms with Gasteiger partial charge in [-0.25, -0.2) is 0 Å². The number of anilines is 1. The van der Waals surface area contributed by atoms with Crippen LogP contribution < -0.4 is 5.73 Å². The van der Waals surface area contributed by atoms with Gasteiger partial charge in [-0.2, -0.15) is 0 Å². The van der Waals surface area contributed by atoms with Gasteiger partial charge in [0.05, 0.1) is 0 Å². The van der Waals surface area contributed by atoms with Crippen LogP contribution in [0.3, 0.4) is 0 Å². The molecule has 0 saturated carbocycles. The highest BCUT2D eigenvalue weighted by Gasteiger charge is 2.20. The summed E-state index contributed by atoms with van der Waals surface area (Å²) >= 11 is 3.40. The zero-order valence-electron chi connectivity index (χ0n) is 9.52. The van der Waals surface area contributed by atoms with Crippen LogP contribution in [0.2, 0.25) is 0 Å². The van der Waals surface area contributed by atoms with Gasteiger partial charge in [0, 0.05) is 45.2 Å². The van der Waals surface area contributed by atoms with Crippen LogP contribution in [0.5, 0.6) is 0 Å². The maximum absolute atomic E-state index is 12.2. The van der Waals surface area contributed by atoms with Crippen molar-refractivity contribution in [3.05, 3.63) is 28.2 Å². The molecule has 0 aliphatic carbocycles. The minimum absolute atomic E-state index is 0.268. The lowest BCUT2D eigenvalue weighted by Crippen LogP contribution is -2.25. The number of nitrogens with two attached hydrogens (primary N) is 1. The molecule has 3 nitrogen and oxygen atoms in total. The van der Waals surface area contributed by atoms with E-state index in [-0.39, 0.29) is 5.25 Å². The van der Waals surface area contributed by atoms with Crippen molar-refractivity contribution < 1.29 is 8.95 Å². The van der Waals surface area contributed by atoms with Crippen molar-refractivity contribution in [3.8, 4) is 0 Å². The SMILES string of the molecule is Nc1cc(Br)cc(CS(=O)C2CCOCC2)c1. The summed E-state index contributed by atoms with van der Waals surface area (Å²) in [6.07, 6.45) is 1.80. The third-order valence-electron chi connectivity index (χ3n) is 2.83. The standard InChI is InChI=1S/C12H16BrNO2S/c13-10-5-9(6-11(14)7-10)8-17(15)12-1-3-16-4-2-12/h5-7,12H,1-4,8,14H2. The Labute approximate surface area is 112 Å². The second-order valence-corrected chi connectivity index (χ2v) is 6.86. The smallest absolute Gasteiger partial charge is 0.0489 e. The van der Waals surface area contributed by atoms with E-state index < -0.39 is 10.8 Å². The van der Waals surface area contributed by atoms with Crippen molar-refractivity contribution in [2.24, 2.45) is 0 Å². The van der Waals surface area contributed by atoms with Gasteiger partial charge >= 0.3 is 0 Å². The maximum atomic E-state index is 12.2. The van der Waals surface area contributed by atoms with Gasteiger partial charge in [-0.15, -0.1) is 0 Å². The quantitative estimate of drug-likeness (QED) is 0.871. The summed E-state index contributed by atoms with van der Waals surface area (Å²) in [5.41, 5.74) is 7.50. The molecule has 0 spiro atoms. The summed E-state index contributed by atoms with van der Waals surface area (Å²) in [6, 6.07) is 5.72. The minimum Gasteiger partial charge on any atom is -0.399 e. The molecule has 0 amide bonds. The Morgan fingerprint density at radius 1 is 1.35 bits per heavy atom. The third kappa shape index (κ3) is 3.79. The molecule has 1 fully saturated rings. The molecule has 1 unspecified atom stereocenters. The molecule has 2 N–H and O–H groups in total. The van der Waals surface area contributed by atoms with E-state index in [1.54, 1.807) is 0 Å². The van der Waals surface area contributed by atoms with Crippen molar-refractivity contribution in [1.82, 2.24) is 0 Å². The molecule has 0 aromatic heterocycles. The molecule has 1 aromatic rings. The Balaban J connectivity index is 2.01. The second-order valence-electron chi connectivity index (χ2n) is 4.23. The molecule has 1 saturated heterocycles. The second kappa shape index (κ2) is 5.98. The first kappa shape index (κ1) is 13.1. The lowest BCUT2D eigenvalue weighted by molar-refractivity contribution is 0.0992. The fourth-order valence-electron chi connectivity index (χ4n) is 1.98. The summed E-state index contributed by atoms with van der Waals surface area (Å²) in [7, 11) is -0.830. The van der Waals surface area contributed by atoms with Crippen LogP contribution in [0.25, 0.3) is 0 Å². The summed E-state index contributed by atoms with van der Waals surface area (Å²) in [4.78, 5) is 0. The molecule has 1 aromatic carbocycles. The Hall–Kier alpha value is -0.390. The lowest BCUT2D eigenvalue weighted by atomic mass is 10.2. The molecule has 17 heavy (non-hydrogen) atoms. The highest BCUT2D eigenvalue weighted by Crippen LogP contribution is 2.21. The first-order valence-corrected chi connectivity index (χ1v) is 7.82. The predicted molar refractivity (Wildman–Crippen MR) is 74.2 cm³/mol. The maximum Gasteiger partial charge on any atom is 0.0489 e. The van der Waals surface area contributed by atoms with E-state index >= 15 is 0 Å². The van der Waals surface area contributed by atoms with Gasteiger partial charge in [-0.05, 0) is 36.6 Å². The molecule has 94 valence electrons. The Bertz CT molecular complexity index is 399. The van der Waals surface area contributed by atoms with E-state index in [2.05, 4.69) is 15.9 Å². The van der Waals surface area contributed by atoms with Gasteiger partial charge in [-0.3, -0.25) is 4.21 Å². The topological polar surface area (TPSA) is 52.3 Å². The summed E-state index contributed by atoms with van der Waals surface area (Å²) in [5.74, 6) is 0.578. The van der Waals surface area contributed by atoms with Crippen LogP contribution in [0.4, 0.5) is 5.69 Å². The van der Waals surface area contributed by atoms with E-state index in [9.17, 15) is 4.21 Å². The normalized spacial score (nSPS) is 19.1. The molecule has 2 rings (SSSR count). The Kier molecular flexibility index (Phi) is 4.59. The monoisotopic (exact) mass is 317 g/mol. The highest BCUT2D eigenvalue weighted by atomic mass is 79.9. The number of nitrogen functional groups attached to an aromatic ring is 1. The molecule has 5 heteroatoms. The number of hydrogen-bond acceptors (Lipinski definition) is 3. The molecule has 0 radical (unpaired) electrons. The van der Waals surface area contributed by atoms with Gasteiger partial charge in [0.15, 0.2) is 0 Å². The Morgan fingerprint density at radius 3 is 2.71 bits per heavy atom. The zero-order chi connectivity index (χ0) is 12.3. The average Bonchev–Trinajstić information content (AvgIpc) is 2.28.